The highest BCUT2D eigenvalue weighted by Crippen LogP contribution is 2.55. The molecule has 0 unspecified atom stereocenters. The van der Waals surface area contributed by atoms with E-state index in [4.69, 9.17) is 17.3 Å². The van der Waals surface area contributed by atoms with Crippen LogP contribution in [0.1, 0.15) is 17.0 Å². The molecular formula is C25H19ClFN5. The lowest BCUT2D eigenvalue weighted by atomic mass is 9.58. The van der Waals surface area contributed by atoms with E-state index in [1.54, 1.807) is 0 Å². The van der Waals surface area contributed by atoms with Gasteiger partial charge < -0.3 is 5.73 Å². The van der Waals surface area contributed by atoms with E-state index in [2.05, 4.69) is 11.0 Å². The molecule has 0 saturated heterocycles. The Kier molecular flexibility index (Phi) is 5.72. The molecular weight excluding hydrogens is 425 g/mol. The Morgan fingerprint density at radius 3 is 2.44 bits per heavy atom. The number of rotatable bonds is 3. The van der Waals surface area contributed by atoms with Gasteiger partial charge in [-0.1, -0.05) is 54.1 Å². The van der Waals surface area contributed by atoms with Crippen molar-refractivity contribution in [2.45, 2.75) is 12.5 Å². The molecule has 158 valence electrons. The predicted octanol–water partition coefficient (Wildman–Crippen LogP) is 4.40. The van der Waals surface area contributed by atoms with Crippen LogP contribution in [0.2, 0.25) is 5.02 Å². The SMILES string of the molecule is N#CC1=C(N)C(C#N)(C#N)[C@@H](c2c(F)cccc2Cl)[C@@H]2CN(Cc3ccccc3)CC=C12. The Morgan fingerprint density at radius 1 is 1.09 bits per heavy atom. The molecule has 1 aliphatic heterocycles. The molecule has 0 radical (unpaired) electrons. The molecule has 1 heterocycles. The second kappa shape index (κ2) is 8.48. The standard InChI is InChI=1S/C25H19ClFN5/c26-20-7-4-8-21(27)22(20)23-19-13-32(12-16-5-2-1-3-6-16)10-9-17(19)18(11-28)24(31)25(23,14-29)15-30/h1-9,19,23H,10,12-13,31H2/t19-,23-/m1/s1. The molecule has 0 saturated carbocycles. The van der Waals surface area contributed by atoms with Gasteiger partial charge in [0.2, 0.25) is 0 Å². The molecule has 0 spiro atoms. The van der Waals surface area contributed by atoms with Crippen LogP contribution in [-0.4, -0.2) is 18.0 Å². The number of nitriles is 3. The van der Waals surface area contributed by atoms with Crippen molar-refractivity contribution in [3.8, 4) is 18.2 Å². The molecule has 2 N–H and O–H groups in total. The highest BCUT2D eigenvalue weighted by molar-refractivity contribution is 6.31. The third-order valence-electron chi connectivity index (χ3n) is 6.30. The molecule has 4 rings (SSSR count). The maximum Gasteiger partial charge on any atom is 0.191 e. The van der Waals surface area contributed by atoms with E-state index in [0.717, 1.165) is 5.56 Å². The van der Waals surface area contributed by atoms with Crippen LogP contribution in [0.4, 0.5) is 4.39 Å². The fourth-order valence-electron chi connectivity index (χ4n) is 4.83. The average molecular weight is 444 g/mol. The number of fused-ring (bicyclic) bond motifs is 1. The van der Waals surface area contributed by atoms with Crippen molar-refractivity contribution in [2.75, 3.05) is 13.1 Å². The lowest BCUT2D eigenvalue weighted by Gasteiger charge is -2.45. The molecule has 2 aromatic carbocycles. The molecule has 1 aliphatic carbocycles. The Labute approximate surface area is 191 Å². The molecule has 7 heteroatoms. The number of nitrogens with zero attached hydrogens (tertiary/aromatic N) is 4. The van der Waals surface area contributed by atoms with Crippen molar-refractivity contribution >= 4 is 11.6 Å². The smallest absolute Gasteiger partial charge is 0.191 e. The maximum atomic E-state index is 15.1. The van der Waals surface area contributed by atoms with Crippen LogP contribution in [0.25, 0.3) is 0 Å². The van der Waals surface area contributed by atoms with Crippen LogP contribution >= 0.6 is 11.6 Å². The Hall–Kier alpha value is -3.63. The van der Waals surface area contributed by atoms with Gasteiger partial charge >= 0.3 is 0 Å². The lowest BCUT2D eigenvalue weighted by Crippen LogP contribution is -2.48. The molecule has 2 atom stereocenters. The van der Waals surface area contributed by atoms with Crippen LogP contribution in [0.15, 0.2) is 71.5 Å². The summed E-state index contributed by atoms with van der Waals surface area (Å²) in [6, 6.07) is 20.3. The van der Waals surface area contributed by atoms with Gasteiger partial charge in [-0.05, 0) is 23.3 Å². The van der Waals surface area contributed by atoms with Gasteiger partial charge in [0.05, 0.1) is 23.4 Å². The van der Waals surface area contributed by atoms with Gasteiger partial charge in [0.25, 0.3) is 0 Å². The molecule has 0 fully saturated rings. The quantitative estimate of drug-likeness (QED) is 0.757. The van der Waals surface area contributed by atoms with E-state index in [9.17, 15) is 15.8 Å². The number of benzene rings is 2. The minimum atomic E-state index is -1.92. The van der Waals surface area contributed by atoms with E-state index in [0.29, 0.717) is 25.2 Å². The van der Waals surface area contributed by atoms with Crippen molar-refractivity contribution in [2.24, 2.45) is 17.1 Å². The summed E-state index contributed by atoms with van der Waals surface area (Å²) in [6.07, 6.45) is 1.89. The third-order valence-corrected chi connectivity index (χ3v) is 6.63. The van der Waals surface area contributed by atoms with Crippen molar-refractivity contribution in [1.29, 1.82) is 15.8 Å². The maximum absolute atomic E-state index is 15.1. The molecule has 2 aromatic rings. The molecule has 0 amide bonds. The first kappa shape index (κ1) is 21.6. The zero-order valence-corrected chi connectivity index (χ0v) is 17.9. The fraction of sp³-hybridized carbons (Fsp3) is 0.240. The first-order valence-corrected chi connectivity index (χ1v) is 10.5. The number of hydrogen-bond acceptors (Lipinski definition) is 5. The van der Waals surface area contributed by atoms with Crippen molar-refractivity contribution in [3.63, 3.8) is 0 Å². The van der Waals surface area contributed by atoms with Gasteiger partial charge in [-0.15, -0.1) is 0 Å². The molecule has 5 nitrogen and oxygen atoms in total. The number of halogens is 2. The third kappa shape index (κ3) is 3.33. The van der Waals surface area contributed by atoms with Gasteiger partial charge in [-0.2, -0.15) is 15.8 Å². The lowest BCUT2D eigenvalue weighted by molar-refractivity contribution is 0.199. The van der Waals surface area contributed by atoms with Crippen molar-refractivity contribution in [1.82, 2.24) is 4.90 Å². The molecule has 2 aliphatic rings. The van der Waals surface area contributed by atoms with Gasteiger partial charge in [0, 0.05) is 42.1 Å². The molecule has 0 aromatic heterocycles. The normalized spacial score (nSPS) is 22.2. The molecule has 0 bridgehead atoms. The van der Waals surface area contributed by atoms with Crippen LogP contribution in [-0.2, 0) is 6.54 Å². The number of allylic oxidation sites excluding steroid dienone is 2. The summed E-state index contributed by atoms with van der Waals surface area (Å²) < 4.78 is 15.1. The van der Waals surface area contributed by atoms with Crippen molar-refractivity contribution in [3.05, 3.63) is 93.4 Å². The van der Waals surface area contributed by atoms with E-state index in [1.807, 2.05) is 48.5 Å². The second-order valence-electron chi connectivity index (χ2n) is 7.99. The van der Waals surface area contributed by atoms with E-state index < -0.39 is 23.1 Å². The minimum Gasteiger partial charge on any atom is -0.399 e. The second-order valence-corrected chi connectivity index (χ2v) is 8.40. The Morgan fingerprint density at radius 2 is 1.81 bits per heavy atom. The first-order chi connectivity index (χ1) is 15.5. The summed E-state index contributed by atoms with van der Waals surface area (Å²) in [6.45, 7) is 1.61. The summed E-state index contributed by atoms with van der Waals surface area (Å²) in [7, 11) is 0. The average Bonchev–Trinajstić information content (AvgIpc) is 2.80. The van der Waals surface area contributed by atoms with E-state index in [-0.39, 0.29) is 21.9 Å². The summed E-state index contributed by atoms with van der Waals surface area (Å²) in [4.78, 5) is 2.14. The minimum absolute atomic E-state index is 0.0784. The Bertz CT molecular complexity index is 1210. The van der Waals surface area contributed by atoms with Crippen molar-refractivity contribution < 1.29 is 4.39 Å². The highest BCUT2D eigenvalue weighted by atomic mass is 35.5. The monoisotopic (exact) mass is 443 g/mol. The van der Waals surface area contributed by atoms with Crippen LogP contribution < -0.4 is 5.73 Å². The summed E-state index contributed by atoms with van der Waals surface area (Å²) in [5, 5.41) is 30.2. The largest absolute Gasteiger partial charge is 0.399 e. The van der Waals surface area contributed by atoms with Gasteiger partial charge in [0.15, 0.2) is 5.41 Å². The zero-order valence-electron chi connectivity index (χ0n) is 17.1. The van der Waals surface area contributed by atoms with Crippen LogP contribution in [0.5, 0.6) is 0 Å². The van der Waals surface area contributed by atoms with Gasteiger partial charge in [-0.25, -0.2) is 4.39 Å². The van der Waals surface area contributed by atoms with E-state index >= 15 is 4.39 Å². The summed E-state index contributed by atoms with van der Waals surface area (Å²) in [5.74, 6) is -2.08. The molecule has 32 heavy (non-hydrogen) atoms. The number of nitrogens with two attached hydrogens (primary N) is 1. The fourth-order valence-corrected chi connectivity index (χ4v) is 5.11. The topological polar surface area (TPSA) is 101 Å². The first-order valence-electron chi connectivity index (χ1n) is 10.1. The van der Waals surface area contributed by atoms with Crippen LogP contribution in [0, 0.1) is 51.1 Å². The Balaban J connectivity index is 1.90. The predicted molar refractivity (Wildman–Crippen MR) is 118 cm³/mol. The van der Waals surface area contributed by atoms with Crippen LogP contribution in [0.3, 0.4) is 0 Å². The van der Waals surface area contributed by atoms with E-state index in [1.165, 1.54) is 18.2 Å². The summed E-state index contributed by atoms with van der Waals surface area (Å²) in [5.41, 5.74) is 6.15. The number of hydrogen-bond donors (Lipinski definition) is 1. The van der Waals surface area contributed by atoms with Gasteiger partial charge in [0.1, 0.15) is 11.9 Å². The highest BCUT2D eigenvalue weighted by Gasteiger charge is 2.55. The van der Waals surface area contributed by atoms with Gasteiger partial charge in [-0.3, -0.25) is 4.90 Å². The zero-order chi connectivity index (χ0) is 22.9. The summed E-state index contributed by atoms with van der Waals surface area (Å²) >= 11 is 6.41.